The standard InChI is InChI=1S/C25H20N2O4/c28-24(29)23(20-11-5-6-15-12-13-26-22(15)20)27-25(30)31-14-21-18-9-3-1-7-16(18)17-8-2-4-10-19(17)21/h1-13,21,23,26H,14H2,(H,27,30)(H,28,29). The minimum Gasteiger partial charge on any atom is -0.479 e. The number of benzene rings is 3. The fourth-order valence-corrected chi connectivity index (χ4v) is 4.38. The van der Waals surface area contributed by atoms with Crippen molar-refractivity contribution in [2.24, 2.45) is 0 Å². The number of carboxylic acids is 1. The molecule has 6 heteroatoms. The molecule has 1 atom stereocenters. The van der Waals surface area contributed by atoms with Gasteiger partial charge in [0.05, 0.1) is 5.52 Å². The van der Waals surface area contributed by atoms with Crippen LogP contribution in [0.4, 0.5) is 4.79 Å². The Kier molecular flexibility index (Phi) is 4.67. The lowest BCUT2D eigenvalue weighted by molar-refractivity contribution is -0.139. The number of fused-ring (bicyclic) bond motifs is 4. The highest BCUT2D eigenvalue weighted by molar-refractivity contribution is 5.90. The number of hydrogen-bond donors (Lipinski definition) is 3. The molecule has 5 rings (SSSR count). The first-order valence-corrected chi connectivity index (χ1v) is 10.0. The molecular weight excluding hydrogens is 392 g/mol. The molecule has 0 radical (unpaired) electrons. The van der Waals surface area contributed by atoms with Crippen LogP contribution < -0.4 is 5.32 Å². The molecule has 6 nitrogen and oxygen atoms in total. The summed E-state index contributed by atoms with van der Waals surface area (Å²) in [6.07, 6.45) is 0.971. The van der Waals surface area contributed by atoms with Crippen LogP contribution in [-0.2, 0) is 9.53 Å². The van der Waals surface area contributed by atoms with Gasteiger partial charge in [0.1, 0.15) is 6.61 Å². The Balaban J connectivity index is 1.35. The number of hydrogen-bond acceptors (Lipinski definition) is 3. The zero-order chi connectivity index (χ0) is 21.4. The average molecular weight is 412 g/mol. The first-order chi connectivity index (χ1) is 15.1. The van der Waals surface area contributed by atoms with Crippen molar-refractivity contribution in [2.45, 2.75) is 12.0 Å². The summed E-state index contributed by atoms with van der Waals surface area (Å²) in [4.78, 5) is 27.5. The van der Waals surface area contributed by atoms with Crippen molar-refractivity contribution in [3.63, 3.8) is 0 Å². The molecular formula is C25H20N2O4. The van der Waals surface area contributed by atoms with E-state index in [4.69, 9.17) is 4.74 Å². The van der Waals surface area contributed by atoms with Crippen molar-refractivity contribution in [2.75, 3.05) is 6.61 Å². The van der Waals surface area contributed by atoms with Crippen LogP contribution in [0.15, 0.2) is 79.0 Å². The molecule has 31 heavy (non-hydrogen) atoms. The van der Waals surface area contributed by atoms with Gasteiger partial charge in [0.2, 0.25) is 0 Å². The van der Waals surface area contributed by atoms with Gasteiger partial charge in [-0.3, -0.25) is 0 Å². The monoisotopic (exact) mass is 412 g/mol. The van der Waals surface area contributed by atoms with Gasteiger partial charge in [-0.2, -0.15) is 0 Å². The lowest BCUT2D eigenvalue weighted by Crippen LogP contribution is -2.35. The third-order valence-corrected chi connectivity index (χ3v) is 5.78. The molecule has 0 spiro atoms. The molecule has 1 aliphatic rings. The Bertz CT molecular complexity index is 1250. The summed E-state index contributed by atoms with van der Waals surface area (Å²) in [5, 5.41) is 13.1. The molecule has 0 aliphatic heterocycles. The van der Waals surface area contributed by atoms with E-state index in [1.54, 1.807) is 18.3 Å². The Hall–Kier alpha value is -4.06. The SMILES string of the molecule is O=C(NC(C(=O)O)c1cccc2cc[nH]c12)OCC1c2ccccc2-c2ccccc21. The number of para-hydroxylation sites is 1. The number of alkyl carbamates (subject to hydrolysis) is 1. The summed E-state index contributed by atoms with van der Waals surface area (Å²) in [7, 11) is 0. The maximum absolute atomic E-state index is 12.6. The van der Waals surface area contributed by atoms with Crippen LogP contribution in [-0.4, -0.2) is 28.8 Å². The molecule has 3 aromatic carbocycles. The summed E-state index contributed by atoms with van der Waals surface area (Å²) in [5.41, 5.74) is 5.62. The van der Waals surface area contributed by atoms with Gasteiger partial charge in [0, 0.05) is 17.7 Å². The molecule has 0 bridgehead atoms. The van der Waals surface area contributed by atoms with Gasteiger partial charge in [-0.15, -0.1) is 0 Å². The van der Waals surface area contributed by atoms with Crippen molar-refractivity contribution < 1.29 is 19.4 Å². The maximum Gasteiger partial charge on any atom is 0.408 e. The Morgan fingerprint density at radius 1 is 0.935 bits per heavy atom. The van der Waals surface area contributed by atoms with Crippen LogP contribution >= 0.6 is 0 Å². The van der Waals surface area contributed by atoms with Crippen LogP contribution in [0.25, 0.3) is 22.0 Å². The molecule has 1 heterocycles. The highest BCUT2D eigenvalue weighted by Gasteiger charge is 2.30. The number of aliphatic carboxylic acids is 1. The summed E-state index contributed by atoms with van der Waals surface area (Å²) in [6.45, 7) is 0.124. The van der Waals surface area contributed by atoms with E-state index in [1.165, 1.54) is 0 Å². The van der Waals surface area contributed by atoms with E-state index >= 15 is 0 Å². The molecule has 4 aromatic rings. The highest BCUT2D eigenvalue weighted by atomic mass is 16.5. The Labute approximate surface area is 178 Å². The number of aromatic amines is 1. The van der Waals surface area contributed by atoms with E-state index in [0.717, 1.165) is 27.6 Å². The topological polar surface area (TPSA) is 91.4 Å². The number of rotatable bonds is 5. The minimum absolute atomic E-state index is 0.0896. The lowest BCUT2D eigenvalue weighted by atomic mass is 9.98. The van der Waals surface area contributed by atoms with E-state index in [9.17, 15) is 14.7 Å². The van der Waals surface area contributed by atoms with Gasteiger partial charge in [-0.05, 0) is 33.7 Å². The predicted octanol–water partition coefficient (Wildman–Crippen LogP) is 4.83. The second kappa shape index (κ2) is 7.65. The number of nitrogens with one attached hydrogen (secondary N) is 2. The summed E-state index contributed by atoms with van der Waals surface area (Å²) in [6, 6.07) is 22.1. The van der Waals surface area contributed by atoms with Gasteiger partial charge in [-0.25, -0.2) is 9.59 Å². The molecule has 3 N–H and O–H groups in total. The smallest absolute Gasteiger partial charge is 0.408 e. The maximum atomic E-state index is 12.6. The fraction of sp³-hybridized carbons (Fsp3) is 0.120. The van der Waals surface area contributed by atoms with Crippen molar-refractivity contribution >= 4 is 23.0 Å². The van der Waals surface area contributed by atoms with Crippen LogP contribution in [0.3, 0.4) is 0 Å². The predicted molar refractivity (Wildman–Crippen MR) is 117 cm³/mol. The number of carboxylic acid groups (broad SMARTS) is 1. The molecule has 1 aromatic heterocycles. The highest BCUT2D eigenvalue weighted by Crippen LogP contribution is 2.44. The largest absolute Gasteiger partial charge is 0.479 e. The van der Waals surface area contributed by atoms with E-state index in [2.05, 4.69) is 22.4 Å². The summed E-state index contributed by atoms with van der Waals surface area (Å²) >= 11 is 0. The first kappa shape index (κ1) is 18.9. The number of carbonyl (C=O) groups is 2. The lowest BCUT2D eigenvalue weighted by Gasteiger charge is -2.18. The van der Waals surface area contributed by atoms with Crippen molar-refractivity contribution in [1.82, 2.24) is 10.3 Å². The van der Waals surface area contributed by atoms with Crippen molar-refractivity contribution in [3.05, 3.63) is 95.7 Å². The van der Waals surface area contributed by atoms with Gasteiger partial charge < -0.3 is 20.1 Å². The fourth-order valence-electron chi connectivity index (χ4n) is 4.38. The Morgan fingerprint density at radius 2 is 1.61 bits per heavy atom. The zero-order valence-electron chi connectivity index (χ0n) is 16.5. The second-order valence-electron chi connectivity index (χ2n) is 7.53. The average Bonchev–Trinajstić information content (AvgIpc) is 3.39. The second-order valence-corrected chi connectivity index (χ2v) is 7.53. The van der Waals surface area contributed by atoms with Gasteiger partial charge in [0.15, 0.2) is 6.04 Å². The van der Waals surface area contributed by atoms with Gasteiger partial charge in [0.25, 0.3) is 0 Å². The molecule has 1 aliphatic carbocycles. The molecule has 154 valence electrons. The van der Waals surface area contributed by atoms with E-state index < -0.39 is 18.1 Å². The molecule has 0 saturated heterocycles. The quantitative estimate of drug-likeness (QED) is 0.438. The van der Waals surface area contributed by atoms with Crippen LogP contribution in [0, 0.1) is 0 Å². The van der Waals surface area contributed by atoms with Gasteiger partial charge in [-0.1, -0.05) is 66.7 Å². The molecule has 0 fully saturated rings. The van der Waals surface area contributed by atoms with E-state index in [1.807, 2.05) is 48.5 Å². The van der Waals surface area contributed by atoms with Crippen molar-refractivity contribution in [1.29, 1.82) is 0 Å². The number of amides is 1. The number of ether oxygens (including phenoxy) is 1. The number of H-pyrrole nitrogens is 1. The van der Waals surface area contributed by atoms with E-state index in [0.29, 0.717) is 11.1 Å². The van der Waals surface area contributed by atoms with E-state index in [-0.39, 0.29) is 12.5 Å². The third kappa shape index (κ3) is 3.32. The molecule has 1 amide bonds. The summed E-state index contributed by atoms with van der Waals surface area (Å²) in [5.74, 6) is -1.25. The summed E-state index contributed by atoms with van der Waals surface area (Å²) < 4.78 is 5.51. The number of aromatic nitrogens is 1. The van der Waals surface area contributed by atoms with Crippen molar-refractivity contribution in [3.8, 4) is 11.1 Å². The third-order valence-electron chi connectivity index (χ3n) is 5.78. The van der Waals surface area contributed by atoms with Crippen LogP contribution in [0.1, 0.15) is 28.7 Å². The zero-order valence-corrected chi connectivity index (χ0v) is 16.5. The molecule has 0 saturated carbocycles. The Morgan fingerprint density at radius 3 is 2.29 bits per heavy atom. The van der Waals surface area contributed by atoms with Crippen LogP contribution in [0.2, 0.25) is 0 Å². The van der Waals surface area contributed by atoms with Crippen LogP contribution in [0.5, 0.6) is 0 Å². The number of carbonyl (C=O) groups excluding carboxylic acids is 1. The first-order valence-electron chi connectivity index (χ1n) is 10.0. The van der Waals surface area contributed by atoms with Gasteiger partial charge >= 0.3 is 12.1 Å². The normalized spacial score (nSPS) is 13.4. The minimum atomic E-state index is -1.22. The molecule has 1 unspecified atom stereocenters.